The van der Waals surface area contributed by atoms with Crippen molar-refractivity contribution in [3.63, 3.8) is 0 Å². The Morgan fingerprint density at radius 2 is 1.82 bits per heavy atom. The number of aromatic nitrogens is 4. The Kier molecular flexibility index (Phi) is 8.13. The zero-order chi connectivity index (χ0) is 23.8. The van der Waals surface area contributed by atoms with Crippen LogP contribution in [0, 0.1) is 0 Å². The average Bonchev–Trinajstić information content (AvgIpc) is 3.32. The molecule has 1 N–H and O–H groups in total. The number of nitrogens with zero attached hydrogens (tertiary/aromatic N) is 5. The maximum Gasteiger partial charge on any atom is 0.250 e. The first-order chi connectivity index (χ1) is 16.6. The fraction of sp³-hybridized carbons (Fsp3) is 0.0870. The molecule has 1 amide bonds. The number of ether oxygens (including phenoxy) is 1. The number of benzene rings is 3. The van der Waals surface area contributed by atoms with Gasteiger partial charge in [-0.2, -0.15) is 9.78 Å². The fourth-order valence-corrected chi connectivity index (χ4v) is 4.14. The number of carbonyl (C=O) groups excluding carboxylic acids is 1. The van der Waals surface area contributed by atoms with Crippen LogP contribution in [-0.2, 0) is 11.4 Å². The molecule has 0 radical (unpaired) electrons. The number of hydrazone groups is 1. The van der Waals surface area contributed by atoms with Crippen LogP contribution in [0.15, 0.2) is 83.1 Å². The summed E-state index contributed by atoms with van der Waals surface area (Å²) in [7, 11) is 0. The summed E-state index contributed by atoms with van der Waals surface area (Å²) in [5, 5.41) is 16.9. The van der Waals surface area contributed by atoms with Crippen LogP contribution in [0.5, 0.6) is 5.75 Å². The topological polar surface area (TPSA) is 94.3 Å². The number of para-hydroxylation sites is 1. The van der Waals surface area contributed by atoms with Gasteiger partial charge < -0.3 is 4.74 Å². The Balaban J connectivity index is 1.37. The molecule has 0 unspecified atom stereocenters. The van der Waals surface area contributed by atoms with Crippen LogP contribution < -0.4 is 10.2 Å². The van der Waals surface area contributed by atoms with Crippen molar-refractivity contribution in [1.82, 2.24) is 25.6 Å². The Morgan fingerprint density at radius 3 is 2.59 bits per heavy atom. The van der Waals surface area contributed by atoms with Gasteiger partial charge in [-0.15, -0.1) is 5.10 Å². The van der Waals surface area contributed by atoms with E-state index < -0.39 is 0 Å². The molecule has 0 saturated carbocycles. The molecular formula is C23H18Cl2N6O2S. The van der Waals surface area contributed by atoms with E-state index in [1.807, 2.05) is 60.7 Å². The fourth-order valence-electron chi connectivity index (χ4n) is 2.89. The monoisotopic (exact) mass is 512 g/mol. The van der Waals surface area contributed by atoms with Gasteiger partial charge in [0, 0.05) is 10.6 Å². The molecule has 0 bridgehead atoms. The molecule has 1 heterocycles. The second-order valence-electron chi connectivity index (χ2n) is 6.87. The van der Waals surface area contributed by atoms with Gasteiger partial charge in [-0.05, 0) is 40.3 Å². The Bertz CT molecular complexity index is 1290. The number of amides is 1. The summed E-state index contributed by atoms with van der Waals surface area (Å²) in [6.07, 6.45) is 1.44. The minimum atomic E-state index is -0.330. The molecule has 34 heavy (non-hydrogen) atoms. The predicted molar refractivity (Wildman–Crippen MR) is 133 cm³/mol. The van der Waals surface area contributed by atoms with Crippen LogP contribution in [0.4, 0.5) is 0 Å². The molecule has 0 fully saturated rings. The van der Waals surface area contributed by atoms with Crippen molar-refractivity contribution in [2.45, 2.75) is 11.8 Å². The number of tetrazole rings is 1. The normalized spacial score (nSPS) is 11.0. The standard InChI is InChI=1S/C23H18Cl2N6O2S/c24-18-11-17(22(20(25)12-18)33-14-16-7-3-1-4-8-16)13-26-27-21(32)15-34-23-28-29-30-31(23)19-9-5-2-6-10-19/h1-13H,14-15H2,(H,27,32)/b26-13-. The maximum atomic E-state index is 12.3. The molecule has 8 nitrogen and oxygen atoms in total. The van der Waals surface area contributed by atoms with Crippen molar-refractivity contribution in [2.24, 2.45) is 5.10 Å². The summed E-state index contributed by atoms with van der Waals surface area (Å²) < 4.78 is 7.46. The van der Waals surface area contributed by atoms with E-state index in [4.69, 9.17) is 27.9 Å². The van der Waals surface area contributed by atoms with Crippen LogP contribution >= 0.6 is 35.0 Å². The van der Waals surface area contributed by atoms with Crippen LogP contribution in [0.25, 0.3) is 5.69 Å². The quantitative estimate of drug-likeness (QED) is 0.197. The summed E-state index contributed by atoms with van der Waals surface area (Å²) in [6.45, 7) is 0.322. The highest BCUT2D eigenvalue weighted by atomic mass is 35.5. The van der Waals surface area contributed by atoms with Gasteiger partial charge in [-0.25, -0.2) is 5.43 Å². The first kappa shape index (κ1) is 23.7. The SMILES string of the molecule is O=C(CSc1nnnn1-c1ccccc1)N/N=C\c1cc(Cl)cc(Cl)c1OCc1ccccc1. The van der Waals surface area contributed by atoms with Crippen LogP contribution in [-0.4, -0.2) is 38.1 Å². The van der Waals surface area contributed by atoms with Crippen molar-refractivity contribution in [3.8, 4) is 11.4 Å². The molecule has 3 aromatic carbocycles. The van der Waals surface area contributed by atoms with Crippen molar-refractivity contribution < 1.29 is 9.53 Å². The maximum absolute atomic E-state index is 12.3. The number of carbonyl (C=O) groups is 1. The third-order valence-corrected chi connectivity index (χ3v) is 5.85. The second kappa shape index (κ2) is 11.6. The third kappa shape index (κ3) is 6.34. The lowest BCUT2D eigenvalue weighted by Crippen LogP contribution is -2.20. The van der Waals surface area contributed by atoms with Crippen molar-refractivity contribution >= 4 is 47.1 Å². The van der Waals surface area contributed by atoms with Gasteiger partial charge in [-0.1, -0.05) is 83.5 Å². The summed E-state index contributed by atoms with van der Waals surface area (Å²) in [6, 6.07) is 22.3. The molecule has 0 atom stereocenters. The number of halogens is 2. The molecule has 4 rings (SSSR count). The molecule has 172 valence electrons. The largest absolute Gasteiger partial charge is 0.487 e. The van der Waals surface area contributed by atoms with Gasteiger partial charge in [0.1, 0.15) is 12.4 Å². The first-order valence-electron chi connectivity index (χ1n) is 10.0. The molecule has 0 aliphatic rings. The molecular weight excluding hydrogens is 495 g/mol. The molecule has 4 aromatic rings. The highest BCUT2D eigenvalue weighted by Gasteiger charge is 2.12. The number of nitrogens with one attached hydrogen (secondary N) is 1. The highest BCUT2D eigenvalue weighted by molar-refractivity contribution is 7.99. The Hall–Kier alpha value is -3.40. The first-order valence-corrected chi connectivity index (χ1v) is 11.8. The van der Waals surface area contributed by atoms with Crippen LogP contribution in [0.2, 0.25) is 10.0 Å². The van der Waals surface area contributed by atoms with Crippen molar-refractivity contribution in [3.05, 3.63) is 94.0 Å². The lowest BCUT2D eigenvalue weighted by atomic mass is 10.2. The lowest BCUT2D eigenvalue weighted by molar-refractivity contribution is -0.118. The van der Waals surface area contributed by atoms with Gasteiger partial charge >= 0.3 is 0 Å². The van der Waals surface area contributed by atoms with Crippen molar-refractivity contribution in [1.29, 1.82) is 0 Å². The number of rotatable bonds is 9. The van der Waals surface area contributed by atoms with Gasteiger partial charge in [-0.3, -0.25) is 4.79 Å². The lowest BCUT2D eigenvalue weighted by Gasteiger charge is -2.11. The number of hydrogen-bond acceptors (Lipinski definition) is 7. The molecule has 1 aromatic heterocycles. The number of hydrogen-bond donors (Lipinski definition) is 1. The summed E-state index contributed by atoms with van der Waals surface area (Å²) in [4.78, 5) is 12.3. The Labute approximate surface area is 209 Å². The van der Waals surface area contributed by atoms with E-state index in [-0.39, 0.29) is 11.7 Å². The van der Waals surface area contributed by atoms with E-state index >= 15 is 0 Å². The molecule has 0 aliphatic carbocycles. The van der Waals surface area contributed by atoms with Crippen LogP contribution in [0.3, 0.4) is 0 Å². The summed E-state index contributed by atoms with van der Waals surface area (Å²) in [5.74, 6) is 0.158. The average molecular weight is 513 g/mol. The van der Waals surface area contributed by atoms with E-state index in [0.717, 1.165) is 11.3 Å². The van der Waals surface area contributed by atoms with E-state index in [2.05, 4.69) is 26.1 Å². The van der Waals surface area contributed by atoms with E-state index in [1.54, 1.807) is 16.8 Å². The van der Waals surface area contributed by atoms with E-state index in [9.17, 15) is 4.79 Å². The zero-order valence-electron chi connectivity index (χ0n) is 17.6. The zero-order valence-corrected chi connectivity index (χ0v) is 20.0. The van der Waals surface area contributed by atoms with Crippen LogP contribution in [0.1, 0.15) is 11.1 Å². The van der Waals surface area contributed by atoms with Gasteiger partial charge in [0.2, 0.25) is 5.16 Å². The van der Waals surface area contributed by atoms with E-state index in [0.29, 0.717) is 33.1 Å². The van der Waals surface area contributed by atoms with Gasteiger partial charge in [0.25, 0.3) is 5.91 Å². The van der Waals surface area contributed by atoms with Crippen molar-refractivity contribution in [2.75, 3.05) is 5.75 Å². The minimum absolute atomic E-state index is 0.0677. The predicted octanol–water partition coefficient (Wildman–Crippen LogP) is 4.79. The minimum Gasteiger partial charge on any atom is -0.487 e. The third-order valence-electron chi connectivity index (χ3n) is 4.43. The smallest absolute Gasteiger partial charge is 0.250 e. The summed E-state index contributed by atoms with van der Waals surface area (Å²) >= 11 is 13.7. The summed E-state index contributed by atoms with van der Waals surface area (Å²) in [5.41, 5.74) is 4.81. The van der Waals surface area contributed by atoms with E-state index in [1.165, 1.54) is 18.0 Å². The Morgan fingerprint density at radius 1 is 1.09 bits per heavy atom. The molecule has 0 spiro atoms. The van der Waals surface area contributed by atoms with Gasteiger partial charge in [0.05, 0.1) is 22.7 Å². The highest BCUT2D eigenvalue weighted by Crippen LogP contribution is 2.32. The molecule has 0 aliphatic heterocycles. The molecule has 11 heteroatoms. The molecule has 0 saturated heterocycles. The second-order valence-corrected chi connectivity index (χ2v) is 8.66. The van der Waals surface area contributed by atoms with Gasteiger partial charge in [0.15, 0.2) is 0 Å². The number of thioether (sulfide) groups is 1.